The zero-order valence-corrected chi connectivity index (χ0v) is 10.4. The fourth-order valence-electron chi connectivity index (χ4n) is 2.02. The summed E-state index contributed by atoms with van der Waals surface area (Å²) >= 11 is 3.78. The Morgan fingerprint density at radius 1 is 0.846 bits per heavy atom. The first-order valence-corrected chi connectivity index (χ1v) is 7.62. The Bertz CT molecular complexity index is 118. The van der Waals surface area contributed by atoms with Crippen molar-refractivity contribution in [2.24, 2.45) is 0 Å². The molecule has 3 heteroatoms. The van der Waals surface area contributed by atoms with Crippen molar-refractivity contribution in [2.75, 3.05) is 12.5 Å². The topological polar surface area (TPSA) is 3.24 Å². The molecule has 13 heavy (non-hydrogen) atoms. The lowest BCUT2D eigenvalue weighted by Crippen LogP contribution is -2.24. The molecule has 78 valence electrons. The van der Waals surface area contributed by atoms with Crippen molar-refractivity contribution in [3.8, 4) is 0 Å². The summed E-state index contributed by atoms with van der Waals surface area (Å²) < 4.78 is 2.48. The van der Waals surface area contributed by atoms with Crippen LogP contribution in [0.15, 0.2) is 0 Å². The third-order valence-corrected chi connectivity index (χ3v) is 4.94. The smallest absolute Gasteiger partial charge is 0.0315 e. The van der Waals surface area contributed by atoms with Crippen molar-refractivity contribution in [3.05, 3.63) is 0 Å². The van der Waals surface area contributed by atoms with Gasteiger partial charge < -0.3 is 0 Å². The fraction of sp³-hybridized carbons (Fsp3) is 1.00. The summed E-state index contributed by atoms with van der Waals surface area (Å²) in [5.74, 6) is 0. The molecular formula is C10H21NS2. The second-order valence-electron chi connectivity index (χ2n) is 3.65. The molecule has 0 spiro atoms. The van der Waals surface area contributed by atoms with Crippen molar-refractivity contribution in [3.63, 3.8) is 0 Å². The number of nitrogens with zero attached hydrogens (tertiary/aromatic N) is 1. The van der Waals surface area contributed by atoms with E-state index in [0.717, 1.165) is 6.04 Å². The van der Waals surface area contributed by atoms with E-state index in [1.54, 1.807) is 0 Å². The minimum Gasteiger partial charge on any atom is -0.192 e. The molecule has 1 aliphatic rings. The molecule has 0 heterocycles. The number of hydrogen-bond acceptors (Lipinski definition) is 3. The molecule has 0 unspecified atom stereocenters. The SMILES string of the molecule is CSN(SC)C1CCCCCCC1. The van der Waals surface area contributed by atoms with Gasteiger partial charge >= 0.3 is 0 Å². The molecule has 1 saturated carbocycles. The van der Waals surface area contributed by atoms with Gasteiger partial charge in [0.05, 0.1) is 0 Å². The van der Waals surface area contributed by atoms with Crippen LogP contribution in [0.2, 0.25) is 0 Å². The molecule has 0 amide bonds. The van der Waals surface area contributed by atoms with E-state index in [1.807, 2.05) is 23.9 Å². The van der Waals surface area contributed by atoms with Crippen LogP contribution >= 0.6 is 23.9 Å². The Morgan fingerprint density at radius 3 is 1.77 bits per heavy atom. The second kappa shape index (κ2) is 7.02. The Balaban J connectivity index is 2.35. The molecule has 1 nitrogen and oxygen atoms in total. The molecule has 0 aromatic rings. The molecule has 0 aromatic heterocycles. The van der Waals surface area contributed by atoms with Crippen LogP contribution in [0.1, 0.15) is 44.9 Å². The Hall–Kier alpha value is 0.660. The van der Waals surface area contributed by atoms with Gasteiger partial charge in [-0.2, -0.15) is 3.71 Å². The Labute approximate surface area is 91.3 Å². The van der Waals surface area contributed by atoms with Crippen LogP contribution in [0.4, 0.5) is 0 Å². The molecular weight excluding hydrogens is 198 g/mol. The molecule has 1 rings (SSSR count). The third kappa shape index (κ3) is 4.13. The number of hydrogen-bond donors (Lipinski definition) is 0. The quantitative estimate of drug-likeness (QED) is 0.662. The lowest BCUT2D eigenvalue weighted by molar-refractivity contribution is 0.381. The molecule has 0 atom stereocenters. The normalized spacial score (nSPS) is 21.5. The first kappa shape index (κ1) is 11.7. The van der Waals surface area contributed by atoms with Crippen molar-refractivity contribution in [1.29, 1.82) is 0 Å². The summed E-state index contributed by atoms with van der Waals surface area (Å²) in [6.45, 7) is 0. The van der Waals surface area contributed by atoms with E-state index in [1.165, 1.54) is 44.9 Å². The molecule has 1 aliphatic carbocycles. The van der Waals surface area contributed by atoms with Crippen LogP contribution in [0.25, 0.3) is 0 Å². The van der Waals surface area contributed by atoms with Crippen molar-refractivity contribution < 1.29 is 0 Å². The molecule has 0 aromatic carbocycles. The van der Waals surface area contributed by atoms with Crippen LogP contribution < -0.4 is 0 Å². The largest absolute Gasteiger partial charge is 0.192 e. The average molecular weight is 219 g/mol. The van der Waals surface area contributed by atoms with Gasteiger partial charge in [0.15, 0.2) is 0 Å². The Kier molecular flexibility index (Phi) is 6.33. The van der Waals surface area contributed by atoms with Gasteiger partial charge in [-0.15, -0.1) is 0 Å². The second-order valence-corrected chi connectivity index (χ2v) is 5.40. The molecule has 0 N–H and O–H groups in total. The zero-order chi connectivity index (χ0) is 9.52. The van der Waals surface area contributed by atoms with Gasteiger partial charge in [0, 0.05) is 6.04 Å². The molecule has 0 saturated heterocycles. The molecule has 0 radical (unpaired) electrons. The maximum atomic E-state index is 2.48. The van der Waals surface area contributed by atoms with Crippen LogP contribution in [-0.4, -0.2) is 22.3 Å². The van der Waals surface area contributed by atoms with E-state index in [9.17, 15) is 0 Å². The van der Waals surface area contributed by atoms with Gasteiger partial charge in [0.2, 0.25) is 0 Å². The summed E-state index contributed by atoms with van der Waals surface area (Å²) in [5, 5.41) is 0. The fourth-order valence-corrected chi connectivity index (χ4v) is 3.63. The van der Waals surface area contributed by atoms with Gasteiger partial charge in [0.1, 0.15) is 0 Å². The standard InChI is InChI=1S/C10H21NS2/c1-12-11(13-2)10-8-6-4-3-5-7-9-10/h10H,3-9H2,1-2H3. The van der Waals surface area contributed by atoms with Gasteiger partial charge in [-0.05, 0) is 25.4 Å². The van der Waals surface area contributed by atoms with Crippen molar-refractivity contribution in [2.45, 2.75) is 51.0 Å². The zero-order valence-electron chi connectivity index (χ0n) is 8.79. The van der Waals surface area contributed by atoms with Gasteiger partial charge in [-0.1, -0.05) is 56.0 Å². The summed E-state index contributed by atoms with van der Waals surface area (Å²) in [6.07, 6.45) is 14.4. The lowest BCUT2D eigenvalue weighted by Gasteiger charge is -2.28. The predicted octanol–water partition coefficient (Wildman–Crippen LogP) is 3.96. The van der Waals surface area contributed by atoms with Gasteiger partial charge in [-0.3, -0.25) is 0 Å². The minimum atomic E-state index is 0.824. The van der Waals surface area contributed by atoms with Crippen LogP contribution in [0.5, 0.6) is 0 Å². The number of rotatable bonds is 3. The highest BCUT2D eigenvalue weighted by Crippen LogP contribution is 2.29. The first-order valence-electron chi connectivity index (χ1n) is 5.26. The van der Waals surface area contributed by atoms with E-state index >= 15 is 0 Å². The summed E-state index contributed by atoms with van der Waals surface area (Å²) in [5.41, 5.74) is 0. The predicted molar refractivity (Wildman–Crippen MR) is 65.0 cm³/mol. The highest BCUT2D eigenvalue weighted by molar-refractivity contribution is 8.11. The first-order chi connectivity index (χ1) is 6.38. The van der Waals surface area contributed by atoms with E-state index in [4.69, 9.17) is 0 Å². The Morgan fingerprint density at radius 2 is 1.31 bits per heavy atom. The van der Waals surface area contributed by atoms with Gasteiger partial charge in [-0.25, -0.2) is 0 Å². The van der Waals surface area contributed by atoms with Crippen molar-refractivity contribution in [1.82, 2.24) is 3.71 Å². The summed E-state index contributed by atoms with van der Waals surface area (Å²) in [6, 6.07) is 0.824. The average Bonchev–Trinajstić information content (AvgIpc) is 2.09. The maximum absolute atomic E-state index is 2.48. The van der Waals surface area contributed by atoms with E-state index in [2.05, 4.69) is 16.2 Å². The molecule has 1 fully saturated rings. The summed E-state index contributed by atoms with van der Waals surface area (Å²) in [4.78, 5) is 0. The van der Waals surface area contributed by atoms with E-state index in [0.29, 0.717) is 0 Å². The van der Waals surface area contributed by atoms with Crippen LogP contribution in [0.3, 0.4) is 0 Å². The lowest BCUT2D eigenvalue weighted by atomic mass is 9.97. The summed E-state index contributed by atoms with van der Waals surface area (Å²) in [7, 11) is 0. The maximum Gasteiger partial charge on any atom is 0.0315 e. The van der Waals surface area contributed by atoms with Gasteiger partial charge in [0.25, 0.3) is 0 Å². The third-order valence-electron chi connectivity index (χ3n) is 2.73. The monoisotopic (exact) mass is 219 g/mol. The molecule has 0 bridgehead atoms. The van der Waals surface area contributed by atoms with Crippen LogP contribution in [0, 0.1) is 0 Å². The van der Waals surface area contributed by atoms with E-state index in [-0.39, 0.29) is 0 Å². The molecule has 0 aliphatic heterocycles. The van der Waals surface area contributed by atoms with Crippen molar-refractivity contribution >= 4 is 23.9 Å². The minimum absolute atomic E-state index is 0.824. The highest BCUT2D eigenvalue weighted by atomic mass is 32.2. The highest BCUT2D eigenvalue weighted by Gasteiger charge is 2.17. The van der Waals surface area contributed by atoms with Crippen LogP contribution in [-0.2, 0) is 0 Å². The van der Waals surface area contributed by atoms with E-state index < -0.39 is 0 Å².